The lowest BCUT2D eigenvalue weighted by atomic mass is 10.1. The molecule has 8 heteroatoms. The van der Waals surface area contributed by atoms with Crippen LogP contribution in [0.4, 0.5) is 13.9 Å². The van der Waals surface area contributed by atoms with E-state index >= 15 is 0 Å². The van der Waals surface area contributed by atoms with Crippen LogP contribution in [0.25, 0.3) is 11.3 Å². The number of methoxy groups -OCH3 is 2. The van der Waals surface area contributed by atoms with Crippen molar-refractivity contribution in [3.8, 4) is 22.8 Å². The zero-order valence-corrected chi connectivity index (χ0v) is 13.8. The average Bonchev–Trinajstić information content (AvgIpc) is 2.95. The van der Waals surface area contributed by atoms with E-state index in [1.807, 2.05) is 12.3 Å². The fourth-order valence-corrected chi connectivity index (χ4v) is 2.83. The summed E-state index contributed by atoms with van der Waals surface area (Å²) in [5, 5.41) is 5.87. The number of nitrogens with one attached hydrogen (secondary N) is 1. The van der Waals surface area contributed by atoms with Gasteiger partial charge in [-0.2, -0.15) is 8.78 Å². The first-order chi connectivity index (χ1) is 11.0. The lowest BCUT2D eigenvalue weighted by Gasteiger charge is -2.11. The summed E-state index contributed by atoms with van der Waals surface area (Å²) >= 11 is 1.46. The normalized spacial score (nSPS) is 12.3. The minimum Gasteiger partial charge on any atom is -0.493 e. The number of halogens is 2. The van der Waals surface area contributed by atoms with Crippen LogP contribution in [-0.2, 0) is 4.74 Å². The quantitative estimate of drug-likeness (QED) is 0.788. The molecule has 23 heavy (non-hydrogen) atoms. The molecule has 0 saturated heterocycles. The summed E-state index contributed by atoms with van der Waals surface area (Å²) in [5.74, 6) is 0.228. The molecule has 0 aliphatic rings. The number of hydrogen-bond acceptors (Lipinski definition) is 6. The molecule has 0 aliphatic heterocycles. The van der Waals surface area contributed by atoms with Gasteiger partial charge >= 0.3 is 6.61 Å². The molecule has 2 rings (SSSR count). The molecule has 2 aromatic rings. The smallest absolute Gasteiger partial charge is 0.387 e. The van der Waals surface area contributed by atoms with Crippen molar-refractivity contribution in [2.75, 3.05) is 26.1 Å². The van der Waals surface area contributed by atoms with Gasteiger partial charge in [0, 0.05) is 24.1 Å². The first-order valence-electron chi connectivity index (χ1n) is 6.87. The SMILES string of the molecule is COC[C@@H](C)Nc1nc(-c2ccc(OC(F)F)c(OC)c2)cs1. The first-order valence-corrected chi connectivity index (χ1v) is 7.75. The summed E-state index contributed by atoms with van der Waals surface area (Å²) in [5.41, 5.74) is 1.48. The van der Waals surface area contributed by atoms with Crippen LogP contribution in [0.3, 0.4) is 0 Å². The molecule has 1 heterocycles. The van der Waals surface area contributed by atoms with Gasteiger partial charge < -0.3 is 19.5 Å². The van der Waals surface area contributed by atoms with Crippen LogP contribution >= 0.6 is 11.3 Å². The Bertz CT molecular complexity index is 637. The number of aromatic nitrogens is 1. The van der Waals surface area contributed by atoms with E-state index in [9.17, 15) is 8.78 Å². The first kappa shape index (κ1) is 17.4. The van der Waals surface area contributed by atoms with Gasteiger partial charge in [0.1, 0.15) is 0 Å². The Balaban J connectivity index is 2.17. The van der Waals surface area contributed by atoms with Crippen molar-refractivity contribution in [2.24, 2.45) is 0 Å². The van der Waals surface area contributed by atoms with Gasteiger partial charge in [0.2, 0.25) is 0 Å². The summed E-state index contributed by atoms with van der Waals surface area (Å²) in [6, 6.07) is 4.86. The van der Waals surface area contributed by atoms with Crippen molar-refractivity contribution < 1.29 is 23.0 Å². The molecular formula is C15H18F2N2O3S. The molecule has 5 nitrogen and oxygen atoms in total. The third-order valence-electron chi connectivity index (χ3n) is 2.97. The molecule has 1 aromatic heterocycles. The largest absolute Gasteiger partial charge is 0.493 e. The maximum absolute atomic E-state index is 12.3. The Morgan fingerprint density at radius 2 is 2.04 bits per heavy atom. The molecule has 1 atom stereocenters. The summed E-state index contributed by atoms with van der Waals surface area (Å²) in [6.07, 6.45) is 0. The number of thiazole rings is 1. The van der Waals surface area contributed by atoms with E-state index in [2.05, 4.69) is 15.0 Å². The Morgan fingerprint density at radius 3 is 2.70 bits per heavy atom. The van der Waals surface area contributed by atoms with Gasteiger partial charge in [-0.3, -0.25) is 0 Å². The van der Waals surface area contributed by atoms with Crippen LogP contribution in [0.2, 0.25) is 0 Å². The van der Waals surface area contributed by atoms with Crippen molar-refractivity contribution in [1.82, 2.24) is 4.98 Å². The highest BCUT2D eigenvalue weighted by atomic mass is 32.1. The van der Waals surface area contributed by atoms with E-state index in [1.54, 1.807) is 19.2 Å². The molecule has 0 spiro atoms. The van der Waals surface area contributed by atoms with Crippen LogP contribution in [0.5, 0.6) is 11.5 Å². The van der Waals surface area contributed by atoms with Crippen LogP contribution in [-0.4, -0.2) is 38.5 Å². The molecule has 0 radical (unpaired) electrons. The third-order valence-corrected chi connectivity index (χ3v) is 3.74. The van der Waals surface area contributed by atoms with Crippen molar-refractivity contribution in [1.29, 1.82) is 0 Å². The lowest BCUT2D eigenvalue weighted by Crippen LogP contribution is -2.20. The van der Waals surface area contributed by atoms with E-state index in [1.165, 1.54) is 24.5 Å². The molecule has 0 fully saturated rings. The molecule has 1 N–H and O–H groups in total. The van der Waals surface area contributed by atoms with Gasteiger partial charge in [-0.15, -0.1) is 11.3 Å². The van der Waals surface area contributed by atoms with E-state index < -0.39 is 6.61 Å². The standard InChI is InChI=1S/C15H18F2N2O3S/c1-9(7-20-2)18-15-19-11(8-23-15)10-4-5-12(22-14(16)17)13(6-10)21-3/h4-6,8-9,14H,7H2,1-3H3,(H,18,19)/t9-/m1/s1. The van der Waals surface area contributed by atoms with Gasteiger partial charge in [0.25, 0.3) is 0 Å². The lowest BCUT2D eigenvalue weighted by molar-refractivity contribution is -0.0512. The molecule has 0 saturated carbocycles. The highest BCUT2D eigenvalue weighted by molar-refractivity contribution is 7.14. The monoisotopic (exact) mass is 344 g/mol. The van der Waals surface area contributed by atoms with E-state index in [4.69, 9.17) is 9.47 Å². The zero-order valence-electron chi connectivity index (χ0n) is 13.0. The number of benzene rings is 1. The fraction of sp³-hybridized carbons (Fsp3) is 0.400. The summed E-state index contributed by atoms with van der Waals surface area (Å²) in [7, 11) is 3.04. The molecule has 0 bridgehead atoms. The maximum atomic E-state index is 12.3. The second-order valence-corrected chi connectivity index (χ2v) is 5.64. The number of alkyl halides is 2. The third kappa shape index (κ3) is 4.77. The van der Waals surface area contributed by atoms with Crippen molar-refractivity contribution >= 4 is 16.5 Å². The van der Waals surface area contributed by atoms with E-state index in [0.717, 1.165) is 16.4 Å². The minimum atomic E-state index is -2.90. The van der Waals surface area contributed by atoms with Crippen LogP contribution < -0.4 is 14.8 Å². The second-order valence-electron chi connectivity index (χ2n) is 4.78. The molecule has 0 amide bonds. The Kier molecular flexibility index (Phi) is 6.12. The van der Waals surface area contributed by atoms with Crippen molar-refractivity contribution in [3.05, 3.63) is 23.6 Å². The number of ether oxygens (including phenoxy) is 3. The van der Waals surface area contributed by atoms with Gasteiger partial charge in [0.15, 0.2) is 16.6 Å². The minimum absolute atomic E-state index is 0.00598. The van der Waals surface area contributed by atoms with Crippen LogP contribution in [0, 0.1) is 0 Å². The van der Waals surface area contributed by atoms with Crippen LogP contribution in [0.1, 0.15) is 6.92 Å². The maximum Gasteiger partial charge on any atom is 0.387 e. The number of hydrogen-bond donors (Lipinski definition) is 1. The molecular weight excluding hydrogens is 326 g/mol. The molecule has 0 unspecified atom stereocenters. The predicted molar refractivity (Wildman–Crippen MR) is 85.7 cm³/mol. The molecule has 1 aromatic carbocycles. The summed E-state index contributed by atoms with van der Waals surface area (Å²) in [4.78, 5) is 4.48. The highest BCUT2D eigenvalue weighted by Crippen LogP contribution is 2.34. The van der Waals surface area contributed by atoms with Gasteiger partial charge in [-0.1, -0.05) is 0 Å². The van der Waals surface area contributed by atoms with Gasteiger partial charge in [0.05, 0.1) is 19.4 Å². The van der Waals surface area contributed by atoms with E-state index in [0.29, 0.717) is 6.61 Å². The zero-order chi connectivity index (χ0) is 16.8. The summed E-state index contributed by atoms with van der Waals surface area (Å²) in [6.45, 7) is -0.334. The number of anilines is 1. The number of nitrogens with zero attached hydrogens (tertiary/aromatic N) is 1. The van der Waals surface area contributed by atoms with Crippen molar-refractivity contribution in [3.63, 3.8) is 0 Å². The van der Waals surface area contributed by atoms with Crippen molar-refractivity contribution in [2.45, 2.75) is 19.6 Å². The summed E-state index contributed by atoms with van der Waals surface area (Å²) < 4.78 is 39.3. The Hall–Kier alpha value is -1.93. The average molecular weight is 344 g/mol. The molecule has 126 valence electrons. The topological polar surface area (TPSA) is 52.6 Å². The van der Waals surface area contributed by atoms with Gasteiger partial charge in [-0.25, -0.2) is 4.98 Å². The number of rotatable bonds is 8. The Morgan fingerprint density at radius 1 is 1.26 bits per heavy atom. The highest BCUT2D eigenvalue weighted by Gasteiger charge is 2.13. The van der Waals surface area contributed by atoms with Gasteiger partial charge in [-0.05, 0) is 25.1 Å². The van der Waals surface area contributed by atoms with Crippen LogP contribution in [0.15, 0.2) is 23.6 Å². The Labute approximate surface area is 137 Å². The second kappa shape index (κ2) is 8.07. The molecule has 0 aliphatic carbocycles. The van der Waals surface area contributed by atoms with E-state index in [-0.39, 0.29) is 17.5 Å². The fourth-order valence-electron chi connectivity index (χ4n) is 2.00. The predicted octanol–water partition coefficient (Wildman–Crippen LogP) is 3.87.